The molecule has 7 aromatic rings. The van der Waals surface area contributed by atoms with Crippen LogP contribution in [0.1, 0.15) is 52.7 Å². The summed E-state index contributed by atoms with van der Waals surface area (Å²) in [5.74, 6) is 0. The monoisotopic (exact) mass is 520 g/mol. The van der Waals surface area contributed by atoms with Crippen LogP contribution in [0, 0.1) is 0 Å². The third kappa shape index (κ3) is 3.70. The summed E-state index contributed by atoms with van der Waals surface area (Å²) in [6, 6.07) is 40.4. The second-order valence-corrected chi connectivity index (χ2v) is 13.2. The smallest absolute Gasteiger partial charge is 0.0782 e. The Morgan fingerprint density at radius 3 is 1.55 bits per heavy atom. The van der Waals surface area contributed by atoms with E-state index in [1.54, 1.807) is 0 Å². The quantitative estimate of drug-likeness (QED) is 0.215. The van der Waals surface area contributed by atoms with Crippen molar-refractivity contribution < 1.29 is 0 Å². The van der Waals surface area contributed by atoms with E-state index in [0.29, 0.717) is 0 Å². The van der Waals surface area contributed by atoms with Gasteiger partial charge < -0.3 is 9.13 Å². The first kappa shape index (κ1) is 24.7. The van der Waals surface area contributed by atoms with Crippen LogP contribution in [0.2, 0.25) is 0 Å². The summed E-state index contributed by atoms with van der Waals surface area (Å²) >= 11 is 0. The Hall–Kier alpha value is -4.30. The van der Waals surface area contributed by atoms with E-state index in [1.807, 2.05) is 0 Å². The minimum Gasteiger partial charge on any atom is -0.307 e. The molecule has 2 heterocycles. The Balaban J connectivity index is 1.66. The van der Waals surface area contributed by atoms with Crippen LogP contribution in [-0.2, 0) is 10.8 Å². The van der Waals surface area contributed by atoms with Gasteiger partial charge in [0.05, 0.1) is 27.8 Å². The van der Waals surface area contributed by atoms with E-state index in [4.69, 9.17) is 0 Å². The van der Waals surface area contributed by atoms with Gasteiger partial charge in [-0.3, -0.25) is 0 Å². The molecule has 0 aliphatic rings. The third-order valence-electron chi connectivity index (χ3n) is 8.43. The van der Waals surface area contributed by atoms with Crippen LogP contribution in [0.4, 0.5) is 0 Å². The van der Waals surface area contributed by atoms with Crippen molar-refractivity contribution in [1.82, 2.24) is 9.13 Å². The molecule has 0 aliphatic heterocycles. The Kier molecular flexibility index (Phi) is 5.31. The fourth-order valence-corrected chi connectivity index (χ4v) is 6.24. The number of hydrogen-bond donors (Lipinski definition) is 0. The molecule has 2 heteroatoms. The van der Waals surface area contributed by atoms with E-state index in [0.717, 1.165) is 0 Å². The predicted molar refractivity (Wildman–Crippen MR) is 173 cm³/mol. The largest absolute Gasteiger partial charge is 0.307 e. The number of benzene rings is 5. The maximum absolute atomic E-state index is 2.49. The zero-order valence-electron chi connectivity index (χ0n) is 24.3. The molecule has 0 saturated carbocycles. The van der Waals surface area contributed by atoms with Crippen molar-refractivity contribution in [2.45, 2.75) is 52.4 Å². The summed E-state index contributed by atoms with van der Waals surface area (Å²) in [5.41, 5.74) is 10.2. The molecule has 0 saturated heterocycles. The van der Waals surface area contributed by atoms with Crippen molar-refractivity contribution in [1.29, 1.82) is 0 Å². The van der Waals surface area contributed by atoms with Crippen molar-refractivity contribution in [3.63, 3.8) is 0 Å². The van der Waals surface area contributed by atoms with Gasteiger partial charge in [0, 0.05) is 27.2 Å². The lowest BCUT2D eigenvalue weighted by molar-refractivity contribution is 0.590. The molecule has 0 atom stereocenters. The summed E-state index contributed by atoms with van der Waals surface area (Å²) in [5, 5.41) is 5.17. The summed E-state index contributed by atoms with van der Waals surface area (Å²) in [7, 11) is 0. The Morgan fingerprint density at radius 1 is 0.425 bits per heavy atom. The second-order valence-electron chi connectivity index (χ2n) is 13.2. The lowest BCUT2D eigenvalue weighted by atomic mass is 9.85. The molecule has 0 spiro atoms. The average Bonchev–Trinajstić information content (AvgIpc) is 3.45. The average molecular weight is 521 g/mol. The fourth-order valence-electron chi connectivity index (χ4n) is 6.24. The van der Waals surface area contributed by atoms with Crippen molar-refractivity contribution in [3.8, 4) is 11.4 Å². The Labute approximate surface area is 236 Å². The molecule has 5 aromatic carbocycles. The highest BCUT2D eigenvalue weighted by atomic mass is 15.1. The molecule has 0 aliphatic carbocycles. The number of para-hydroxylation sites is 3. The van der Waals surface area contributed by atoms with E-state index in [2.05, 4.69) is 160 Å². The minimum atomic E-state index is 0.0734. The SMILES string of the molecule is CC(C)(C)c1ccc2c(c1)c1cc(C(C)(C)C)ccc1n2-c1cccc2c3ccccc3n(-c3ccccc3)c12. The highest BCUT2D eigenvalue weighted by Gasteiger charge is 2.23. The van der Waals surface area contributed by atoms with Gasteiger partial charge in [0.1, 0.15) is 0 Å². The summed E-state index contributed by atoms with van der Waals surface area (Å²) in [6.07, 6.45) is 0. The van der Waals surface area contributed by atoms with E-state index in [-0.39, 0.29) is 10.8 Å². The lowest BCUT2D eigenvalue weighted by Crippen LogP contribution is -2.10. The summed E-state index contributed by atoms with van der Waals surface area (Å²) in [6.45, 7) is 13.8. The topological polar surface area (TPSA) is 9.86 Å². The minimum absolute atomic E-state index is 0.0734. The van der Waals surface area contributed by atoms with Crippen LogP contribution in [0.3, 0.4) is 0 Å². The maximum Gasteiger partial charge on any atom is 0.0782 e. The van der Waals surface area contributed by atoms with Gasteiger partial charge in [-0.25, -0.2) is 0 Å². The molecular formula is C38H36N2. The molecule has 198 valence electrons. The van der Waals surface area contributed by atoms with Crippen molar-refractivity contribution in [3.05, 3.63) is 120 Å². The maximum atomic E-state index is 2.49. The van der Waals surface area contributed by atoms with Crippen LogP contribution in [0.15, 0.2) is 109 Å². The van der Waals surface area contributed by atoms with Gasteiger partial charge in [0.2, 0.25) is 0 Å². The standard InChI is InChI=1S/C38H36N2/c1-37(2,3)25-19-21-33-30(23-25)31-24-26(38(4,5)6)20-22-34(31)40(33)35-18-12-16-29-28-15-10-11-17-32(28)39(36(29)35)27-13-8-7-9-14-27/h7-24H,1-6H3. The second kappa shape index (κ2) is 8.60. The zero-order chi connectivity index (χ0) is 27.8. The summed E-state index contributed by atoms with van der Waals surface area (Å²) < 4.78 is 4.93. The third-order valence-corrected chi connectivity index (χ3v) is 8.43. The number of fused-ring (bicyclic) bond motifs is 6. The number of hydrogen-bond acceptors (Lipinski definition) is 0. The number of rotatable bonds is 2. The predicted octanol–water partition coefficient (Wildman–Crippen LogP) is 10.5. The Morgan fingerprint density at radius 2 is 0.950 bits per heavy atom. The molecule has 2 aromatic heterocycles. The molecule has 40 heavy (non-hydrogen) atoms. The van der Waals surface area contributed by atoms with Crippen molar-refractivity contribution >= 4 is 43.6 Å². The van der Waals surface area contributed by atoms with Gasteiger partial charge in [-0.2, -0.15) is 0 Å². The molecule has 7 rings (SSSR count). The van der Waals surface area contributed by atoms with Gasteiger partial charge in [0.15, 0.2) is 0 Å². The highest BCUT2D eigenvalue weighted by Crippen LogP contribution is 2.41. The molecule has 2 nitrogen and oxygen atoms in total. The van der Waals surface area contributed by atoms with Gasteiger partial charge in [-0.1, -0.05) is 102 Å². The molecule has 0 fully saturated rings. The first-order valence-corrected chi connectivity index (χ1v) is 14.3. The van der Waals surface area contributed by atoms with Crippen LogP contribution < -0.4 is 0 Å². The Bertz CT molecular complexity index is 1980. The van der Waals surface area contributed by atoms with Gasteiger partial charge in [0.25, 0.3) is 0 Å². The van der Waals surface area contributed by atoms with Gasteiger partial charge in [-0.15, -0.1) is 0 Å². The van der Waals surface area contributed by atoms with Crippen LogP contribution in [0.25, 0.3) is 55.0 Å². The first-order valence-electron chi connectivity index (χ1n) is 14.3. The molecule has 0 unspecified atom stereocenters. The molecule has 0 amide bonds. The normalized spacial score (nSPS) is 12.8. The van der Waals surface area contributed by atoms with Crippen molar-refractivity contribution in [2.75, 3.05) is 0 Å². The van der Waals surface area contributed by atoms with Crippen LogP contribution in [-0.4, -0.2) is 9.13 Å². The first-order chi connectivity index (χ1) is 19.1. The van der Waals surface area contributed by atoms with E-state index < -0.39 is 0 Å². The number of nitrogens with zero attached hydrogens (tertiary/aromatic N) is 2. The zero-order valence-corrected chi connectivity index (χ0v) is 24.3. The summed E-state index contributed by atoms with van der Waals surface area (Å²) in [4.78, 5) is 0. The lowest BCUT2D eigenvalue weighted by Gasteiger charge is -2.19. The van der Waals surface area contributed by atoms with Crippen LogP contribution >= 0.6 is 0 Å². The van der Waals surface area contributed by atoms with Gasteiger partial charge >= 0.3 is 0 Å². The highest BCUT2D eigenvalue weighted by molar-refractivity contribution is 6.15. The van der Waals surface area contributed by atoms with Crippen LogP contribution in [0.5, 0.6) is 0 Å². The van der Waals surface area contributed by atoms with Crippen molar-refractivity contribution in [2.24, 2.45) is 0 Å². The number of aromatic nitrogens is 2. The molecule has 0 N–H and O–H groups in total. The van der Waals surface area contributed by atoms with E-state index in [9.17, 15) is 0 Å². The van der Waals surface area contributed by atoms with Gasteiger partial charge in [-0.05, 0) is 70.5 Å². The van der Waals surface area contributed by atoms with E-state index in [1.165, 1.54) is 66.1 Å². The fraction of sp³-hybridized carbons (Fsp3) is 0.211. The molecule has 0 bridgehead atoms. The molecular weight excluding hydrogens is 484 g/mol. The van der Waals surface area contributed by atoms with E-state index >= 15 is 0 Å². The molecule has 0 radical (unpaired) electrons.